The van der Waals surface area contributed by atoms with E-state index in [-0.39, 0.29) is 19.1 Å². The minimum Gasteiger partial charge on any atom is -0.396 e. The highest BCUT2D eigenvalue weighted by Gasteiger charge is 2.32. The van der Waals surface area contributed by atoms with Crippen LogP contribution >= 0.6 is 0 Å². The predicted molar refractivity (Wildman–Crippen MR) is 69.5 cm³/mol. The maximum Gasteiger partial charge on any atom is 0.246 e. The third kappa shape index (κ3) is 3.16. The lowest BCUT2D eigenvalue weighted by Gasteiger charge is -2.31. The molecule has 1 aromatic rings. The van der Waals surface area contributed by atoms with Crippen LogP contribution in [0.2, 0.25) is 0 Å². The number of hydrogen-bond donors (Lipinski definition) is 1. The number of hydrogen-bond acceptors (Lipinski definition) is 3. The number of aliphatic hydroxyl groups excluding tert-OH is 1. The second-order valence-corrected chi connectivity index (χ2v) is 6.86. The van der Waals surface area contributed by atoms with Crippen LogP contribution in [-0.4, -0.2) is 37.5 Å². The van der Waals surface area contributed by atoms with Crippen LogP contribution in [0.5, 0.6) is 0 Å². The van der Waals surface area contributed by atoms with Gasteiger partial charge in [0.25, 0.3) is 0 Å². The zero-order valence-electron chi connectivity index (χ0n) is 10.9. The Morgan fingerprint density at radius 1 is 1.35 bits per heavy atom. The van der Waals surface area contributed by atoms with Crippen LogP contribution in [0.1, 0.15) is 19.3 Å². The number of aliphatic hydroxyl groups is 1. The van der Waals surface area contributed by atoms with Gasteiger partial charge in [-0.2, -0.15) is 4.31 Å². The molecule has 20 heavy (non-hydrogen) atoms. The third-order valence-corrected chi connectivity index (χ3v) is 5.41. The monoisotopic (exact) mass is 305 g/mol. The Balaban J connectivity index is 2.27. The fourth-order valence-corrected chi connectivity index (χ4v) is 4.11. The Kier molecular flexibility index (Phi) is 4.72. The van der Waals surface area contributed by atoms with Crippen molar-refractivity contribution in [3.63, 3.8) is 0 Å². The van der Waals surface area contributed by atoms with Crippen molar-refractivity contribution in [2.45, 2.75) is 24.2 Å². The zero-order chi connectivity index (χ0) is 14.8. The molecule has 0 amide bonds. The van der Waals surface area contributed by atoms with Crippen LogP contribution in [-0.2, 0) is 10.0 Å². The molecule has 0 aliphatic carbocycles. The van der Waals surface area contributed by atoms with Gasteiger partial charge in [0.05, 0.1) is 0 Å². The molecule has 0 bridgehead atoms. The molecule has 1 saturated heterocycles. The van der Waals surface area contributed by atoms with Gasteiger partial charge in [-0.3, -0.25) is 0 Å². The molecule has 1 unspecified atom stereocenters. The molecule has 1 atom stereocenters. The maximum absolute atomic E-state index is 13.7. The fourth-order valence-electron chi connectivity index (χ4n) is 2.48. The Morgan fingerprint density at radius 2 is 2.10 bits per heavy atom. The molecular formula is C13H17F2NO3S. The highest BCUT2D eigenvalue weighted by Crippen LogP contribution is 2.27. The van der Waals surface area contributed by atoms with Gasteiger partial charge in [0.1, 0.15) is 16.5 Å². The van der Waals surface area contributed by atoms with Crippen LogP contribution in [0.4, 0.5) is 8.78 Å². The quantitative estimate of drug-likeness (QED) is 0.922. The van der Waals surface area contributed by atoms with Crippen molar-refractivity contribution < 1.29 is 22.3 Å². The van der Waals surface area contributed by atoms with Crippen LogP contribution in [0.25, 0.3) is 0 Å². The largest absolute Gasteiger partial charge is 0.396 e. The van der Waals surface area contributed by atoms with E-state index in [2.05, 4.69) is 0 Å². The highest BCUT2D eigenvalue weighted by molar-refractivity contribution is 7.89. The van der Waals surface area contributed by atoms with E-state index in [0.717, 1.165) is 18.6 Å². The second kappa shape index (κ2) is 6.15. The average Bonchev–Trinajstić information content (AvgIpc) is 2.42. The minimum absolute atomic E-state index is 0.00706. The smallest absolute Gasteiger partial charge is 0.246 e. The van der Waals surface area contributed by atoms with Crippen LogP contribution in [0, 0.1) is 17.6 Å². The molecule has 4 nitrogen and oxygen atoms in total. The summed E-state index contributed by atoms with van der Waals surface area (Å²) in [6, 6.07) is 2.41. The van der Waals surface area contributed by atoms with Gasteiger partial charge in [0, 0.05) is 19.7 Å². The molecule has 2 rings (SSSR count). The lowest BCUT2D eigenvalue weighted by molar-refractivity contribution is 0.202. The molecule has 1 N–H and O–H groups in total. The summed E-state index contributed by atoms with van der Waals surface area (Å²) in [6.07, 6.45) is 2.00. The first kappa shape index (κ1) is 15.3. The van der Waals surface area contributed by atoms with Crippen molar-refractivity contribution in [1.82, 2.24) is 4.31 Å². The van der Waals surface area contributed by atoms with E-state index >= 15 is 0 Å². The van der Waals surface area contributed by atoms with Gasteiger partial charge in [-0.1, -0.05) is 0 Å². The minimum atomic E-state index is -4.03. The van der Waals surface area contributed by atoms with Crippen LogP contribution < -0.4 is 0 Å². The van der Waals surface area contributed by atoms with Crippen molar-refractivity contribution in [3.8, 4) is 0 Å². The van der Waals surface area contributed by atoms with Gasteiger partial charge in [-0.25, -0.2) is 17.2 Å². The number of nitrogens with zero attached hydrogens (tertiary/aromatic N) is 1. The van der Waals surface area contributed by atoms with E-state index in [4.69, 9.17) is 5.11 Å². The summed E-state index contributed by atoms with van der Waals surface area (Å²) in [5.74, 6) is -1.68. The summed E-state index contributed by atoms with van der Waals surface area (Å²) >= 11 is 0. The first-order chi connectivity index (χ1) is 9.45. The molecule has 1 aliphatic rings. The lowest BCUT2D eigenvalue weighted by Crippen LogP contribution is -2.40. The summed E-state index contributed by atoms with van der Waals surface area (Å²) < 4.78 is 52.7. The Hall–Kier alpha value is -1.05. The fraction of sp³-hybridized carbons (Fsp3) is 0.538. The number of benzene rings is 1. The molecule has 1 fully saturated rings. The summed E-state index contributed by atoms with van der Waals surface area (Å²) in [7, 11) is -4.03. The number of halogens is 2. The highest BCUT2D eigenvalue weighted by atomic mass is 32.2. The predicted octanol–water partition coefficient (Wildman–Crippen LogP) is 1.75. The van der Waals surface area contributed by atoms with Crippen molar-refractivity contribution in [2.24, 2.45) is 5.92 Å². The van der Waals surface area contributed by atoms with Gasteiger partial charge in [-0.05, 0) is 43.4 Å². The normalized spacial score (nSPS) is 21.1. The first-order valence-corrected chi connectivity index (χ1v) is 7.95. The van der Waals surface area contributed by atoms with E-state index in [1.54, 1.807) is 0 Å². The average molecular weight is 305 g/mol. The van der Waals surface area contributed by atoms with E-state index in [9.17, 15) is 17.2 Å². The van der Waals surface area contributed by atoms with Crippen molar-refractivity contribution in [1.29, 1.82) is 0 Å². The van der Waals surface area contributed by atoms with Gasteiger partial charge in [0.15, 0.2) is 0 Å². The van der Waals surface area contributed by atoms with Crippen molar-refractivity contribution in [3.05, 3.63) is 29.8 Å². The van der Waals surface area contributed by atoms with E-state index in [0.29, 0.717) is 25.5 Å². The zero-order valence-corrected chi connectivity index (χ0v) is 11.7. The molecule has 112 valence electrons. The number of piperidine rings is 1. The van der Waals surface area contributed by atoms with Crippen LogP contribution in [0.15, 0.2) is 23.1 Å². The number of rotatable bonds is 4. The molecule has 0 spiro atoms. The lowest BCUT2D eigenvalue weighted by atomic mass is 9.97. The molecule has 1 heterocycles. The Labute approximate surface area is 117 Å². The molecule has 0 saturated carbocycles. The van der Waals surface area contributed by atoms with E-state index in [1.807, 2.05) is 0 Å². The summed E-state index contributed by atoms with van der Waals surface area (Å²) in [5, 5.41) is 8.93. The SMILES string of the molecule is O=S(=O)(c1cc(F)ccc1F)N1CCCC(CCO)C1. The van der Waals surface area contributed by atoms with Crippen LogP contribution in [0.3, 0.4) is 0 Å². The van der Waals surface area contributed by atoms with Gasteiger partial charge in [0.2, 0.25) is 10.0 Å². The molecule has 0 radical (unpaired) electrons. The van der Waals surface area contributed by atoms with E-state index in [1.165, 1.54) is 4.31 Å². The second-order valence-electron chi connectivity index (χ2n) is 4.96. The molecular weight excluding hydrogens is 288 g/mol. The van der Waals surface area contributed by atoms with Crippen molar-refractivity contribution >= 4 is 10.0 Å². The van der Waals surface area contributed by atoms with Gasteiger partial charge >= 0.3 is 0 Å². The Bertz CT molecular complexity index is 575. The standard InChI is InChI=1S/C13H17F2NO3S/c14-11-3-4-12(15)13(8-11)20(18,19)16-6-1-2-10(9-16)5-7-17/h3-4,8,10,17H,1-2,5-7,9H2. The summed E-state index contributed by atoms with van der Waals surface area (Å²) in [6.45, 7) is 0.520. The topological polar surface area (TPSA) is 57.6 Å². The molecule has 1 aliphatic heterocycles. The van der Waals surface area contributed by atoms with Crippen molar-refractivity contribution in [2.75, 3.05) is 19.7 Å². The molecule has 0 aromatic heterocycles. The maximum atomic E-state index is 13.7. The Morgan fingerprint density at radius 3 is 2.80 bits per heavy atom. The van der Waals surface area contributed by atoms with Gasteiger partial charge in [-0.15, -0.1) is 0 Å². The van der Waals surface area contributed by atoms with E-state index < -0.39 is 26.6 Å². The molecule has 7 heteroatoms. The first-order valence-electron chi connectivity index (χ1n) is 6.51. The third-order valence-electron chi connectivity index (χ3n) is 3.53. The summed E-state index contributed by atoms with van der Waals surface area (Å²) in [4.78, 5) is -0.623. The molecule has 1 aromatic carbocycles. The van der Waals surface area contributed by atoms with Gasteiger partial charge < -0.3 is 5.11 Å². The number of sulfonamides is 1. The summed E-state index contributed by atoms with van der Waals surface area (Å²) in [5.41, 5.74) is 0.